The molecular weight excluding hydrogens is 404 g/mol. The Morgan fingerprint density at radius 3 is 2.24 bits per heavy atom. The van der Waals surface area contributed by atoms with Crippen LogP contribution in [0.4, 0.5) is 10.5 Å². The lowest BCUT2D eigenvalue weighted by Crippen LogP contribution is -2.46. The summed E-state index contributed by atoms with van der Waals surface area (Å²) >= 11 is 6.79. The zero-order chi connectivity index (χ0) is 15.6. The number of rotatable bonds is 2. The first kappa shape index (κ1) is 16.3. The standard InChI is InChI=1S/C14H16Br2N2O3/c1-14(12(19)20)5-7-18(8-6-14)13(21)17-11-9(15)3-2-4-10(11)16/h2-4H,5-8H2,1H3,(H,17,21)(H,19,20). The average molecular weight is 420 g/mol. The Labute approximate surface area is 140 Å². The molecule has 0 radical (unpaired) electrons. The molecule has 0 spiro atoms. The molecule has 1 saturated heterocycles. The van der Waals surface area contributed by atoms with Crippen molar-refractivity contribution >= 4 is 49.5 Å². The van der Waals surface area contributed by atoms with Gasteiger partial charge in [-0.1, -0.05) is 6.07 Å². The summed E-state index contributed by atoms with van der Waals surface area (Å²) in [7, 11) is 0. The Morgan fingerprint density at radius 2 is 1.76 bits per heavy atom. The van der Waals surface area contributed by atoms with Gasteiger partial charge >= 0.3 is 12.0 Å². The molecule has 7 heteroatoms. The van der Waals surface area contributed by atoms with Crippen LogP contribution in [0, 0.1) is 5.41 Å². The van der Waals surface area contributed by atoms with E-state index in [-0.39, 0.29) is 6.03 Å². The number of halogens is 2. The minimum absolute atomic E-state index is 0.213. The van der Waals surface area contributed by atoms with Gasteiger partial charge in [0.1, 0.15) is 0 Å². The quantitative estimate of drug-likeness (QED) is 0.762. The Bertz CT molecular complexity index is 549. The molecule has 0 aromatic heterocycles. The number of carboxylic acids is 1. The number of aliphatic carboxylic acids is 1. The lowest BCUT2D eigenvalue weighted by molar-refractivity contribution is -0.150. The molecule has 1 fully saturated rings. The van der Waals surface area contributed by atoms with E-state index < -0.39 is 11.4 Å². The molecule has 21 heavy (non-hydrogen) atoms. The van der Waals surface area contributed by atoms with Gasteiger partial charge in [-0.05, 0) is 63.8 Å². The second kappa shape index (κ2) is 6.36. The second-order valence-electron chi connectivity index (χ2n) is 5.38. The van der Waals surface area contributed by atoms with Crippen LogP contribution in [0.15, 0.2) is 27.1 Å². The lowest BCUT2D eigenvalue weighted by Gasteiger charge is -2.36. The van der Waals surface area contributed by atoms with Gasteiger partial charge in [0.25, 0.3) is 0 Å². The molecule has 2 rings (SSSR count). The monoisotopic (exact) mass is 418 g/mol. The number of benzene rings is 1. The van der Waals surface area contributed by atoms with E-state index in [1.807, 2.05) is 18.2 Å². The largest absolute Gasteiger partial charge is 0.481 e. The minimum Gasteiger partial charge on any atom is -0.481 e. The van der Waals surface area contributed by atoms with Crippen LogP contribution in [0.5, 0.6) is 0 Å². The maximum absolute atomic E-state index is 12.3. The van der Waals surface area contributed by atoms with E-state index >= 15 is 0 Å². The molecule has 2 N–H and O–H groups in total. The highest BCUT2D eigenvalue weighted by Gasteiger charge is 2.38. The number of urea groups is 1. The van der Waals surface area contributed by atoms with E-state index in [4.69, 9.17) is 0 Å². The number of carbonyl (C=O) groups excluding carboxylic acids is 1. The number of nitrogens with one attached hydrogen (secondary N) is 1. The van der Waals surface area contributed by atoms with Gasteiger partial charge in [-0.3, -0.25) is 4.79 Å². The molecule has 1 aromatic carbocycles. The van der Waals surface area contributed by atoms with Gasteiger partial charge in [0.05, 0.1) is 11.1 Å². The third-order valence-corrected chi connectivity index (χ3v) is 5.19. The van der Waals surface area contributed by atoms with E-state index in [9.17, 15) is 14.7 Å². The zero-order valence-electron chi connectivity index (χ0n) is 11.5. The molecule has 1 aliphatic rings. The predicted octanol–water partition coefficient (Wildman–Crippen LogP) is 3.93. The van der Waals surface area contributed by atoms with Crippen molar-refractivity contribution in [2.45, 2.75) is 19.8 Å². The number of nitrogens with zero attached hydrogens (tertiary/aromatic N) is 1. The van der Waals surface area contributed by atoms with Crippen molar-refractivity contribution in [3.63, 3.8) is 0 Å². The van der Waals surface area contributed by atoms with Gasteiger partial charge in [0, 0.05) is 22.0 Å². The summed E-state index contributed by atoms with van der Waals surface area (Å²) in [6.45, 7) is 2.61. The van der Waals surface area contributed by atoms with Crippen molar-refractivity contribution in [3.05, 3.63) is 27.1 Å². The molecular formula is C14H16Br2N2O3. The number of carboxylic acid groups (broad SMARTS) is 1. The summed E-state index contributed by atoms with van der Waals surface area (Å²) in [6.07, 6.45) is 0.930. The van der Waals surface area contributed by atoms with Crippen LogP contribution in [-0.4, -0.2) is 35.1 Å². The highest BCUT2D eigenvalue weighted by molar-refractivity contribution is 9.11. The van der Waals surface area contributed by atoms with Crippen LogP contribution in [0.3, 0.4) is 0 Å². The molecule has 0 aliphatic carbocycles. The zero-order valence-corrected chi connectivity index (χ0v) is 14.7. The number of likely N-dealkylation sites (tertiary alicyclic amines) is 1. The van der Waals surface area contributed by atoms with Gasteiger partial charge in [0.15, 0.2) is 0 Å². The molecule has 1 heterocycles. The Morgan fingerprint density at radius 1 is 1.24 bits per heavy atom. The van der Waals surface area contributed by atoms with Crippen LogP contribution in [0.25, 0.3) is 0 Å². The van der Waals surface area contributed by atoms with Crippen LogP contribution >= 0.6 is 31.9 Å². The van der Waals surface area contributed by atoms with Crippen molar-refractivity contribution in [3.8, 4) is 0 Å². The van der Waals surface area contributed by atoms with Crippen molar-refractivity contribution in [2.75, 3.05) is 18.4 Å². The summed E-state index contributed by atoms with van der Waals surface area (Å²) in [5.41, 5.74) is -0.0564. The number of para-hydroxylation sites is 1. The number of anilines is 1. The summed E-state index contributed by atoms with van der Waals surface area (Å²) in [5, 5.41) is 12.0. The van der Waals surface area contributed by atoms with E-state index in [0.29, 0.717) is 31.6 Å². The summed E-state index contributed by atoms with van der Waals surface area (Å²) in [6, 6.07) is 5.34. The number of amides is 2. The third-order valence-electron chi connectivity index (χ3n) is 3.87. The number of hydrogen-bond acceptors (Lipinski definition) is 2. The molecule has 114 valence electrons. The topological polar surface area (TPSA) is 69.6 Å². The van der Waals surface area contributed by atoms with E-state index in [2.05, 4.69) is 37.2 Å². The van der Waals surface area contributed by atoms with Crippen molar-refractivity contribution in [1.82, 2.24) is 4.90 Å². The molecule has 5 nitrogen and oxygen atoms in total. The summed E-state index contributed by atoms with van der Waals surface area (Å²) in [4.78, 5) is 25.1. The first-order valence-corrected chi connectivity index (χ1v) is 8.15. The van der Waals surface area contributed by atoms with Gasteiger partial charge in [-0.25, -0.2) is 4.79 Å². The summed E-state index contributed by atoms with van der Waals surface area (Å²) < 4.78 is 1.58. The van der Waals surface area contributed by atoms with Crippen LogP contribution in [0.2, 0.25) is 0 Å². The minimum atomic E-state index is -0.795. The normalized spacial score (nSPS) is 17.4. The van der Waals surface area contributed by atoms with Crippen molar-refractivity contribution in [2.24, 2.45) is 5.41 Å². The van der Waals surface area contributed by atoms with Crippen LogP contribution in [0.1, 0.15) is 19.8 Å². The average Bonchev–Trinajstić information content (AvgIpc) is 2.43. The Kier molecular flexibility index (Phi) is 4.93. The fraction of sp³-hybridized carbons (Fsp3) is 0.429. The number of carbonyl (C=O) groups is 2. The van der Waals surface area contributed by atoms with Gasteiger partial charge in [0.2, 0.25) is 0 Å². The highest BCUT2D eigenvalue weighted by atomic mass is 79.9. The fourth-order valence-electron chi connectivity index (χ4n) is 2.22. The highest BCUT2D eigenvalue weighted by Crippen LogP contribution is 2.33. The molecule has 0 bridgehead atoms. The second-order valence-corrected chi connectivity index (χ2v) is 7.09. The van der Waals surface area contributed by atoms with E-state index in [1.165, 1.54) is 0 Å². The smallest absolute Gasteiger partial charge is 0.321 e. The van der Waals surface area contributed by atoms with Gasteiger partial charge in [-0.2, -0.15) is 0 Å². The third kappa shape index (κ3) is 3.58. The summed E-state index contributed by atoms with van der Waals surface area (Å²) in [5.74, 6) is -0.795. The maximum atomic E-state index is 12.3. The predicted molar refractivity (Wildman–Crippen MR) is 87.4 cm³/mol. The molecule has 0 unspecified atom stereocenters. The SMILES string of the molecule is CC1(C(=O)O)CCN(C(=O)Nc2c(Br)cccc2Br)CC1. The van der Waals surface area contributed by atoms with Crippen LogP contribution < -0.4 is 5.32 Å². The first-order chi connectivity index (χ1) is 9.83. The molecule has 1 aromatic rings. The Balaban J connectivity index is 2.02. The molecule has 1 aliphatic heterocycles. The van der Waals surface area contributed by atoms with Gasteiger partial charge in [-0.15, -0.1) is 0 Å². The fourth-order valence-corrected chi connectivity index (χ4v) is 3.42. The number of piperidine rings is 1. The maximum Gasteiger partial charge on any atom is 0.321 e. The van der Waals surface area contributed by atoms with Crippen molar-refractivity contribution < 1.29 is 14.7 Å². The van der Waals surface area contributed by atoms with Gasteiger partial charge < -0.3 is 15.3 Å². The van der Waals surface area contributed by atoms with Crippen molar-refractivity contribution in [1.29, 1.82) is 0 Å². The van der Waals surface area contributed by atoms with E-state index in [0.717, 1.165) is 8.95 Å². The Hall–Kier alpha value is -1.08. The van der Waals surface area contributed by atoms with Crippen LogP contribution in [-0.2, 0) is 4.79 Å². The molecule has 2 amide bonds. The molecule has 0 atom stereocenters. The lowest BCUT2D eigenvalue weighted by atomic mass is 9.80. The van der Waals surface area contributed by atoms with E-state index in [1.54, 1.807) is 11.8 Å². The molecule has 0 saturated carbocycles. The first-order valence-electron chi connectivity index (χ1n) is 6.57. The number of hydrogen-bond donors (Lipinski definition) is 2.